The number of nitrogens with one attached hydrogen (secondary N) is 1. The number of nitriles is 1. The second-order valence-electron chi connectivity index (χ2n) is 7.50. The van der Waals surface area contributed by atoms with Gasteiger partial charge in [-0.1, -0.05) is 29.4 Å². The first-order valence-corrected chi connectivity index (χ1v) is 10.9. The topological polar surface area (TPSA) is 107 Å². The zero-order valence-corrected chi connectivity index (χ0v) is 19.7. The third-order valence-electron chi connectivity index (χ3n) is 4.81. The number of amides is 1. The second-order valence-corrected chi connectivity index (χ2v) is 7.50. The molecule has 0 fully saturated rings. The largest absolute Gasteiger partial charge is 0.490 e. The van der Waals surface area contributed by atoms with Crippen molar-refractivity contribution < 1.29 is 23.5 Å². The summed E-state index contributed by atoms with van der Waals surface area (Å²) < 4.78 is 22.4. The molecule has 8 heteroatoms. The van der Waals surface area contributed by atoms with Crippen LogP contribution in [0.3, 0.4) is 0 Å². The molecule has 176 valence electrons. The quantitative estimate of drug-likeness (QED) is 0.257. The summed E-state index contributed by atoms with van der Waals surface area (Å²) in [6.45, 7) is 8.71. The van der Waals surface area contributed by atoms with Crippen molar-refractivity contribution in [2.24, 2.45) is 0 Å². The summed E-state index contributed by atoms with van der Waals surface area (Å²) in [5.41, 5.74) is 2.67. The zero-order chi connectivity index (χ0) is 24.5. The molecular formula is C26H27N3O5. The molecule has 1 amide bonds. The molecule has 2 aromatic carbocycles. The summed E-state index contributed by atoms with van der Waals surface area (Å²) >= 11 is 0. The van der Waals surface area contributed by atoms with Gasteiger partial charge in [-0.3, -0.25) is 4.79 Å². The molecule has 1 heterocycles. The highest BCUT2D eigenvalue weighted by atomic mass is 16.5. The van der Waals surface area contributed by atoms with Crippen LogP contribution in [0.25, 0.3) is 6.08 Å². The number of benzene rings is 2. The number of carbonyl (C=O) groups is 1. The van der Waals surface area contributed by atoms with Crippen LogP contribution in [0.4, 0.5) is 5.82 Å². The lowest BCUT2D eigenvalue weighted by molar-refractivity contribution is -0.112. The Kier molecular flexibility index (Phi) is 8.30. The van der Waals surface area contributed by atoms with Crippen LogP contribution in [0, 0.1) is 32.1 Å². The average Bonchev–Trinajstić information content (AvgIpc) is 3.22. The summed E-state index contributed by atoms with van der Waals surface area (Å²) in [4.78, 5) is 12.4. The summed E-state index contributed by atoms with van der Waals surface area (Å²) in [7, 11) is 0. The maximum atomic E-state index is 12.4. The molecule has 0 spiro atoms. The monoisotopic (exact) mass is 461 g/mol. The van der Waals surface area contributed by atoms with Gasteiger partial charge in [-0.15, -0.1) is 0 Å². The molecule has 0 aliphatic carbocycles. The highest BCUT2D eigenvalue weighted by molar-refractivity contribution is 6.09. The molecule has 0 aliphatic heterocycles. The number of hydrogen-bond donors (Lipinski definition) is 1. The summed E-state index contributed by atoms with van der Waals surface area (Å²) in [5.74, 6) is 2.12. The molecule has 1 aromatic heterocycles. The molecule has 3 rings (SSSR count). The fourth-order valence-corrected chi connectivity index (χ4v) is 3.25. The second kappa shape index (κ2) is 11.6. The molecule has 0 aliphatic rings. The highest BCUT2D eigenvalue weighted by Gasteiger charge is 2.13. The molecule has 0 radical (unpaired) electrons. The van der Waals surface area contributed by atoms with Gasteiger partial charge in [0.25, 0.3) is 5.91 Å². The Bertz CT molecular complexity index is 1200. The van der Waals surface area contributed by atoms with Crippen LogP contribution in [0.1, 0.15) is 29.4 Å². The van der Waals surface area contributed by atoms with Crippen LogP contribution in [0.15, 0.2) is 52.6 Å². The predicted octanol–water partition coefficient (Wildman–Crippen LogP) is 5.00. The van der Waals surface area contributed by atoms with E-state index in [1.54, 1.807) is 31.2 Å². The first-order chi connectivity index (χ1) is 16.4. The first-order valence-electron chi connectivity index (χ1n) is 10.9. The Morgan fingerprint density at radius 1 is 1.06 bits per heavy atom. The Morgan fingerprint density at radius 3 is 2.44 bits per heavy atom. The molecule has 0 atom stereocenters. The number of para-hydroxylation sites is 1. The molecule has 1 N–H and O–H groups in total. The molecule has 0 saturated heterocycles. The maximum absolute atomic E-state index is 12.4. The van der Waals surface area contributed by atoms with Crippen LogP contribution in [-0.2, 0) is 4.79 Å². The molecular weight excluding hydrogens is 434 g/mol. The van der Waals surface area contributed by atoms with Crippen LogP contribution in [0.5, 0.6) is 17.2 Å². The number of ether oxygens (including phenoxy) is 3. The van der Waals surface area contributed by atoms with Crippen molar-refractivity contribution in [1.82, 2.24) is 5.16 Å². The smallest absolute Gasteiger partial charge is 0.267 e. The van der Waals surface area contributed by atoms with Crippen molar-refractivity contribution in [1.29, 1.82) is 5.26 Å². The van der Waals surface area contributed by atoms with Crippen molar-refractivity contribution in [2.75, 3.05) is 25.1 Å². The van der Waals surface area contributed by atoms with E-state index in [1.165, 1.54) is 6.08 Å². The van der Waals surface area contributed by atoms with Gasteiger partial charge in [0.05, 0.1) is 6.61 Å². The van der Waals surface area contributed by atoms with E-state index in [1.807, 2.05) is 45.0 Å². The van der Waals surface area contributed by atoms with Crippen molar-refractivity contribution in [3.8, 4) is 23.3 Å². The molecule has 34 heavy (non-hydrogen) atoms. The number of aryl methyl sites for hydroxylation is 3. The number of nitrogens with zero attached hydrogens (tertiary/aromatic N) is 2. The zero-order valence-electron chi connectivity index (χ0n) is 19.7. The highest BCUT2D eigenvalue weighted by Crippen LogP contribution is 2.30. The van der Waals surface area contributed by atoms with Gasteiger partial charge >= 0.3 is 0 Å². The van der Waals surface area contributed by atoms with E-state index in [2.05, 4.69) is 10.5 Å². The van der Waals surface area contributed by atoms with Gasteiger partial charge in [-0.2, -0.15) is 5.26 Å². The normalized spacial score (nSPS) is 11.0. The van der Waals surface area contributed by atoms with E-state index in [0.717, 1.165) is 16.9 Å². The molecule has 3 aromatic rings. The average molecular weight is 462 g/mol. The lowest BCUT2D eigenvalue weighted by Gasteiger charge is -2.15. The minimum absolute atomic E-state index is 0.0845. The van der Waals surface area contributed by atoms with Crippen molar-refractivity contribution in [2.45, 2.75) is 27.7 Å². The summed E-state index contributed by atoms with van der Waals surface area (Å²) in [6.07, 6.45) is 1.47. The minimum Gasteiger partial charge on any atom is -0.490 e. The fourth-order valence-electron chi connectivity index (χ4n) is 3.25. The molecule has 0 unspecified atom stereocenters. The van der Waals surface area contributed by atoms with E-state index >= 15 is 0 Å². The van der Waals surface area contributed by atoms with E-state index in [-0.39, 0.29) is 11.4 Å². The van der Waals surface area contributed by atoms with Gasteiger partial charge in [0, 0.05) is 6.07 Å². The number of aromatic nitrogens is 1. The van der Waals surface area contributed by atoms with Crippen LogP contribution < -0.4 is 19.5 Å². The van der Waals surface area contributed by atoms with Crippen LogP contribution >= 0.6 is 0 Å². The lowest BCUT2D eigenvalue weighted by Crippen LogP contribution is -2.13. The van der Waals surface area contributed by atoms with Crippen molar-refractivity contribution in [3.05, 3.63) is 70.5 Å². The van der Waals surface area contributed by atoms with E-state index in [9.17, 15) is 10.1 Å². The van der Waals surface area contributed by atoms with Gasteiger partial charge in [-0.05, 0) is 62.6 Å². The van der Waals surface area contributed by atoms with E-state index in [0.29, 0.717) is 42.6 Å². The van der Waals surface area contributed by atoms with Crippen LogP contribution in [-0.4, -0.2) is 30.9 Å². The SMILES string of the molecule is CCOc1cc(/C=C(/C#N)C(=O)Nc2cc(C)on2)ccc1OCCOc1c(C)cccc1C. The first kappa shape index (κ1) is 24.4. The van der Waals surface area contributed by atoms with Gasteiger partial charge in [0.1, 0.15) is 36.4 Å². The minimum atomic E-state index is -0.585. The summed E-state index contributed by atoms with van der Waals surface area (Å²) in [5, 5.41) is 15.7. The van der Waals surface area contributed by atoms with E-state index < -0.39 is 5.91 Å². The lowest BCUT2D eigenvalue weighted by atomic mass is 10.1. The fraction of sp³-hybridized carbons (Fsp3) is 0.269. The van der Waals surface area contributed by atoms with Gasteiger partial charge in [-0.25, -0.2) is 0 Å². The van der Waals surface area contributed by atoms with Crippen LogP contribution in [0.2, 0.25) is 0 Å². The van der Waals surface area contributed by atoms with Crippen molar-refractivity contribution >= 4 is 17.8 Å². The number of carbonyl (C=O) groups excluding carboxylic acids is 1. The Balaban J connectivity index is 1.67. The molecule has 0 saturated carbocycles. The predicted molar refractivity (Wildman–Crippen MR) is 128 cm³/mol. The molecule has 0 bridgehead atoms. The Hall–Kier alpha value is -4.25. The van der Waals surface area contributed by atoms with Gasteiger partial charge in [0.2, 0.25) is 0 Å². The summed E-state index contributed by atoms with van der Waals surface area (Å²) in [6, 6.07) is 14.7. The maximum Gasteiger partial charge on any atom is 0.267 e. The number of anilines is 1. The third kappa shape index (κ3) is 6.39. The Labute approximate surface area is 198 Å². The Morgan fingerprint density at radius 2 is 1.79 bits per heavy atom. The number of hydrogen-bond acceptors (Lipinski definition) is 7. The van der Waals surface area contributed by atoms with E-state index in [4.69, 9.17) is 18.7 Å². The van der Waals surface area contributed by atoms with Crippen molar-refractivity contribution in [3.63, 3.8) is 0 Å². The molecule has 8 nitrogen and oxygen atoms in total. The van der Waals surface area contributed by atoms with Gasteiger partial charge in [0.15, 0.2) is 17.3 Å². The van der Waals surface area contributed by atoms with Gasteiger partial charge < -0.3 is 24.1 Å². The number of rotatable bonds is 10. The standard InChI is InChI=1S/C26H27N3O5/c1-5-31-23-15-20(14-21(16-27)26(30)28-24-13-19(4)34-29-24)9-10-22(23)32-11-12-33-25-17(2)7-6-8-18(25)3/h6-10,13-15H,5,11-12H2,1-4H3,(H,28,29,30)/b21-14-. The third-order valence-corrected chi connectivity index (χ3v) is 4.81.